The number of oxazole rings is 1. The second kappa shape index (κ2) is 8.39. The highest BCUT2D eigenvalue weighted by molar-refractivity contribution is 8.00. The molecule has 146 valence electrons. The topological polar surface area (TPSA) is 67.2 Å². The number of hydrogen-bond donors (Lipinski definition) is 2. The Hall–Kier alpha value is -2.94. The van der Waals surface area contributed by atoms with Crippen LogP contribution in [-0.2, 0) is 12.6 Å². The highest BCUT2D eigenvalue weighted by Crippen LogP contribution is 2.32. The normalized spacial score (nSPS) is 11.3. The van der Waals surface area contributed by atoms with Crippen LogP contribution in [0.3, 0.4) is 0 Å². The molecule has 3 rings (SSSR count). The number of alkyl halides is 3. The zero-order valence-corrected chi connectivity index (χ0v) is 15.5. The number of carbonyl (C=O) groups is 1. The maximum atomic E-state index is 12.6. The summed E-state index contributed by atoms with van der Waals surface area (Å²) in [5, 5.41) is 2.70. The van der Waals surface area contributed by atoms with Crippen LogP contribution in [0.5, 0.6) is 0 Å². The van der Waals surface area contributed by atoms with Crippen LogP contribution in [0.25, 0.3) is 0 Å². The monoisotopic (exact) mass is 407 g/mol. The van der Waals surface area contributed by atoms with Gasteiger partial charge in [-0.15, -0.1) is 0 Å². The van der Waals surface area contributed by atoms with Crippen molar-refractivity contribution in [2.75, 3.05) is 10.0 Å². The minimum Gasteiger partial charge on any atom is -0.441 e. The third-order valence-corrected chi connectivity index (χ3v) is 4.76. The van der Waals surface area contributed by atoms with Gasteiger partial charge in [-0.1, -0.05) is 13.0 Å². The van der Waals surface area contributed by atoms with Crippen molar-refractivity contribution in [1.82, 2.24) is 4.98 Å². The van der Waals surface area contributed by atoms with Crippen LogP contribution in [-0.4, -0.2) is 10.9 Å². The third-order valence-electron chi connectivity index (χ3n) is 3.82. The van der Waals surface area contributed by atoms with Gasteiger partial charge in [0, 0.05) is 16.3 Å². The Balaban J connectivity index is 1.71. The summed E-state index contributed by atoms with van der Waals surface area (Å²) in [6, 6.07) is 10.2. The lowest BCUT2D eigenvalue weighted by Crippen LogP contribution is -2.12. The summed E-state index contributed by atoms with van der Waals surface area (Å²) >= 11 is 1.26. The fourth-order valence-electron chi connectivity index (χ4n) is 2.38. The van der Waals surface area contributed by atoms with Crippen molar-refractivity contribution in [3.8, 4) is 0 Å². The number of anilines is 2. The first-order valence-corrected chi connectivity index (χ1v) is 9.12. The summed E-state index contributed by atoms with van der Waals surface area (Å²) in [4.78, 5) is 16.7. The molecule has 0 atom stereocenters. The van der Waals surface area contributed by atoms with Crippen molar-refractivity contribution in [2.45, 2.75) is 24.4 Å². The molecule has 2 aromatic carbocycles. The van der Waals surface area contributed by atoms with E-state index < -0.39 is 17.6 Å². The number of nitrogens with one attached hydrogen (secondary N) is 2. The first-order valence-electron chi connectivity index (χ1n) is 8.30. The summed E-state index contributed by atoms with van der Waals surface area (Å²) in [5.41, 5.74) is 1.42. The maximum absolute atomic E-state index is 12.6. The van der Waals surface area contributed by atoms with E-state index in [-0.39, 0.29) is 5.89 Å². The molecule has 0 bridgehead atoms. The predicted molar refractivity (Wildman–Crippen MR) is 101 cm³/mol. The molecule has 9 heteroatoms. The van der Waals surface area contributed by atoms with Crippen molar-refractivity contribution in [1.29, 1.82) is 0 Å². The molecule has 0 aliphatic carbocycles. The lowest BCUT2D eigenvalue weighted by molar-refractivity contribution is -0.137. The molecule has 0 radical (unpaired) electrons. The second-order valence-corrected chi connectivity index (χ2v) is 6.59. The van der Waals surface area contributed by atoms with Crippen LogP contribution >= 0.6 is 11.9 Å². The van der Waals surface area contributed by atoms with Crippen LogP contribution in [0.1, 0.15) is 28.7 Å². The number of hydrogen-bond acceptors (Lipinski definition) is 5. The Kier molecular flexibility index (Phi) is 5.93. The molecule has 28 heavy (non-hydrogen) atoms. The maximum Gasteiger partial charge on any atom is 0.416 e. The molecule has 0 saturated heterocycles. The van der Waals surface area contributed by atoms with E-state index in [0.717, 1.165) is 29.0 Å². The Labute approximate surface area is 163 Å². The smallest absolute Gasteiger partial charge is 0.416 e. The predicted octanol–water partition coefficient (Wildman–Crippen LogP) is 5.63. The van der Waals surface area contributed by atoms with Crippen molar-refractivity contribution < 1.29 is 22.4 Å². The Morgan fingerprint density at radius 3 is 2.46 bits per heavy atom. The Bertz CT molecular complexity index is 942. The first-order chi connectivity index (χ1) is 13.4. The summed E-state index contributed by atoms with van der Waals surface area (Å²) in [5.74, 6) is -0.516. The molecule has 3 aromatic rings. The van der Waals surface area contributed by atoms with Crippen molar-refractivity contribution in [2.24, 2.45) is 0 Å². The largest absolute Gasteiger partial charge is 0.441 e. The summed E-state index contributed by atoms with van der Waals surface area (Å²) < 4.78 is 45.9. The second-order valence-electron chi connectivity index (χ2n) is 5.75. The Morgan fingerprint density at radius 2 is 1.86 bits per heavy atom. The van der Waals surface area contributed by atoms with E-state index in [1.165, 1.54) is 36.5 Å². The van der Waals surface area contributed by atoms with Gasteiger partial charge in [-0.3, -0.25) is 4.79 Å². The molecule has 1 heterocycles. The standard InChI is InChI=1S/C19H16F3N3O2S/c1-2-12-3-6-15(24-17(26)18-23-9-10-27-18)11-16(12)28-25-14-7-4-13(5-8-14)19(20,21)22/h3-11,25H,2H2,1H3,(H,24,26). The number of amides is 1. The number of halogens is 3. The lowest BCUT2D eigenvalue weighted by atomic mass is 10.1. The van der Waals surface area contributed by atoms with Crippen LogP contribution < -0.4 is 10.0 Å². The molecule has 0 saturated carbocycles. The van der Waals surface area contributed by atoms with Gasteiger partial charge in [-0.25, -0.2) is 4.98 Å². The molecule has 0 unspecified atom stereocenters. The van der Waals surface area contributed by atoms with Gasteiger partial charge in [-0.05, 0) is 60.3 Å². The zero-order chi connectivity index (χ0) is 20.1. The van der Waals surface area contributed by atoms with E-state index in [0.29, 0.717) is 11.4 Å². The molecule has 0 aliphatic rings. The molecule has 5 nitrogen and oxygen atoms in total. The molecule has 0 fully saturated rings. The van der Waals surface area contributed by atoms with Gasteiger partial charge in [0.05, 0.1) is 11.8 Å². The number of carbonyl (C=O) groups excluding carboxylic acids is 1. The van der Waals surface area contributed by atoms with Crippen LogP contribution in [0, 0.1) is 0 Å². The van der Waals surface area contributed by atoms with Crippen molar-refractivity contribution >= 4 is 29.2 Å². The molecule has 2 N–H and O–H groups in total. The summed E-state index contributed by atoms with van der Waals surface area (Å²) in [6.45, 7) is 1.99. The highest BCUT2D eigenvalue weighted by Gasteiger charge is 2.29. The minimum atomic E-state index is -4.36. The molecular formula is C19H16F3N3O2S. The van der Waals surface area contributed by atoms with E-state index in [2.05, 4.69) is 15.0 Å². The molecule has 0 spiro atoms. The van der Waals surface area contributed by atoms with Crippen LogP contribution in [0.2, 0.25) is 0 Å². The fourth-order valence-corrected chi connectivity index (χ4v) is 3.27. The van der Waals surface area contributed by atoms with Crippen LogP contribution in [0.15, 0.2) is 64.2 Å². The van der Waals surface area contributed by atoms with Gasteiger partial charge >= 0.3 is 12.1 Å². The molecular weight excluding hydrogens is 391 g/mol. The van der Waals surface area contributed by atoms with Gasteiger partial charge in [0.1, 0.15) is 6.26 Å². The fraction of sp³-hybridized carbons (Fsp3) is 0.158. The van der Waals surface area contributed by atoms with Crippen LogP contribution in [0.4, 0.5) is 24.5 Å². The van der Waals surface area contributed by atoms with E-state index in [4.69, 9.17) is 4.42 Å². The van der Waals surface area contributed by atoms with Crippen molar-refractivity contribution in [3.63, 3.8) is 0 Å². The van der Waals surface area contributed by atoms with Crippen molar-refractivity contribution in [3.05, 3.63) is 71.9 Å². The minimum absolute atomic E-state index is 0.0448. The number of nitrogens with zero attached hydrogens (tertiary/aromatic N) is 1. The van der Waals surface area contributed by atoms with Gasteiger partial charge in [0.25, 0.3) is 5.89 Å². The zero-order valence-electron chi connectivity index (χ0n) is 14.7. The lowest BCUT2D eigenvalue weighted by Gasteiger charge is -2.12. The molecule has 0 aliphatic heterocycles. The molecule has 1 aromatic heterocycles. The number of rotatable bonds is 6. The Morgan fingerprint density at radius 1 is 1.14 bits per heavy atom. The number of benzene rings is 2. The van der Waals surface area contributed by atoms with E-state index in [1.807, 2.05) is 13.0 Å². The van der Waals surface area contributed by atoms with Gasteiger partial charge in [-0.2, -0.15) is 13.2 Å². The molecule has 1 amide bonds. The average Bonchev–Trinajstić information content (AvgIpc) is 3.21. The van der Waals surface area contributed by atoms with Gasteiger partial charge < -0.3 is 14.5 Å². The number of aromatic nitrogens is 1. The SMILES string of the molecule is CCc1ccc(NC(=O)c2ncco2)cc1SNc1ccc(C(F)(F)F)cc1. The third kappa shape index (κ3) is 4.86. The summed E-state index contributed by atoms with van der Waals surface area (Å²) in [7, 11) is 0. The highest BCUT2D eigenvalue weighted by atomic mass is 32.2. The van der Waals surface area contributed by atoms with E-state index >= 15 is 0 Å². The summed E-state index contributed by atoms with van der Waals surface area (Å²) in [6.07, 6.45) is -0.920. The quantitative estimate of drug-likeness (QED) is 0.519. The first kappa shape index (κ1) is 19.8. The average molecular weight is 407 g/mol. The van der Waals surface area contributed by atoms with E-state index in [1.54, 1.807) is 12.1 Å². The van der Waals surface area contributed by atoms with Gasteiger partial charge in [0.2, 0.25) is 0 Å². The van der Waals surface area contributed by atoms with E-state index in [9.17, 15) is 18.0 Å². The van der Waals surface area contributed by atoms with Gasteiger partial charge in [0.15, 0.2) is 0 Å². The number of aryl methyl sites for hydroxylation is 1.